The molecular formula is C14H16F3NO. The molecule has 0 aliphatic carbocycles. The van der Waals surface area contributed by atoms with Crippen LogP contribution in [0.15, 0.2) is 18.2 Å². The van der Waals surface area contributed by atoms with E-state index in [2.05, 4.69) is 5.32 Å². The maximum absolute atomic E-state index is 12.7. The molecule has 0 saturated carbocycles. The summed E-state index contributed by atoms with van der Waals surface area (Å²) < 4.78 is 43.6. The SMILES string of the molecule is FC(F)(F)c1ccc2c(c1)OCC21CCCNCC1. The summed E-state index contributed by atoms with van der Waals surface area (Å²) in [6, 6.07) is 3.92. The first-order valence-electron chi connectivity index (χ1n) is 6.57. The standard InChI is InChI=1S/C14H16F3NO/c15-14(16,17)10-2-3-11-12(8-10)19-9-13(11)4-1-6-18-7-5-13/h2-3,8,18H,1,4-7,9H2. The number of hydrogen-bond acceptors (Lipinski definition) is 2. The monoisotopic (exact) mass is 271 g/mol. The average molecular weight is 271 g/mol. The Hall–Kier alpha value is -1.23. The summed E-state index contributed by atoms with van der Waals surface area (Å²) in [5.41, 5.74) is 0.224. The van der Waals surface area contributed by atoms with Gasteiger partial charge in [0.1, 0.15) is 5.75 Å². The van der Waals surface area contributed by atoms with Gasteiger partial charge < -0.3 is 10.1 Å². The van der Waals surface area contributed by atoms with E-state index in [0.717, 1.165) is 44.0 Å². The lowest BCUT2D eigenvalue weighted by atomic mass is 9.76. The van der Waals surface area contributed by atoms with Gasteiger partial charge in [-0.2, -0.15) is 13.2 Å². The third-order valence-electron chi connectivity index (χ3n) is 4.17. The van der Waals surface area contributed by atoms with Crippen molar-refractivity contribution in [1.82, 2.24) is 5.32 Å². The molecule has 2 nitrogen and oxygen atoms in total. The van der Waals surface area contributed by atoms with Crippen LogP contribution in [0.25, 0.3) is 0 Å². The molecule has 104 valence electrons. The topological polar surface area (TPSA) is 21.3 Å². The molecule has 0 bridgehead atoms. The van der Waals surface area contributed by atoms with E-state index in [-0.39, 0.29) is 5.41 Å². The van der Waals surface area contributed by atoms with E-state index in [1.165, 1.54) is 6.07 Å². The van der Waals surface area contributed by atoms with Gasteiger partial charge in [-0.15, -0.1) is 0 Å². The Balaban J connectivity index is 1.97. The van der Waals surface area contributed by atoms with Crippen LogP contribution in [0.5, 0.6) is 5.75 Å². The molecule has 2 heterocycles. The third-order valence-corrected chi connectivity index (χ3v) is 4.17. The summed E-state index contributed by atoms with van der Waals surface area (Å²) in [7, 11) is 0. The molecule has 2 aliphatic rings. The zero-order valence-corrected chi connectivity index (χ0v) is 10.5. The van der Waals surface area contributed by atoms with Crippen molar-refractivity contribution < 1.29 is 17.9 Å². The normalized spacial score (nSPS) is 26.9. The van der Waals surface area contributed by atoms with Crippen LogP contribution in [0.1, 0.15) is 30.4 Å². The van der Waals surface area contributed by atoms with Crippen LogP contribution in [-0.2, 0) is 11.6 Å². The second-order valence-electron chi connectivity index (χ2n) is 5.38. The maximum Gasteiger partial charge on any atom is 0.416 e. The number of rotatable bonds is 0. The zero-order chi connectivity index (χ0) is 13.5. The summed E-state index contributed by atoms with van der Waals surface area (Å²) in [6.07, 6.45) is -1.38. The number of halogens is 3. The van der Waals surface area contributed by atoms with Crippen molar-refractivity contribution in [2.45, 2.75) is 30.9 Å². The predicted molar refractivity (Wildman–Crippen MR) is 65.3 cm³/mol. The van der Waals surface area contributed by atoms with Crippen LogP contribution in [0.3, 0.4) is 0 Å². The summed E-state index contributed by atoms with van der Waals surface area (Å²) >= 11 is 0. The molecule has 1 saturated heterocycles. The molecule has 1 aromatic carbocycles. The molecule has 19 heavy (non-hydrogen) atoms. The van der Waals surface area contributed by atoms with Gasteiger partial charge in [0.25, 0.3) is 0 Å². The van der Waals surface area contributed by atoms with Crippen molar-refractivity contribution in [1.29, 1.82) is 0 Å². The lowest BCUT2D eigenvalue weighted by Gasteiger charge is -2.25. The number of ether oxygens (including phenoxy) is 1. The highest BCUT2D eigenvalue weighted by Gasteiger charge is 2.42. The van der Waals surface area contributed by atoms with E-state index in [9.17, 15) is 13.2 Å². The molecule has 1 fully saturated rings. The van der Waals surface area contributed by atoms with Crippen LogP contribution < -0.4 is 10.1 Å². The minimum absolute atomic E-state index is 0.0943. The third kappa shape index (κ3) is 2.20. The van der Waals surface area contributed by atoms with E-state index in [1.807, 2.05) is 0 Å². The van der Waals surface area contributed by atoms with Gasteiger partial charge in [0.2, 0.25) is 0 Å². The molecule has 1 N–H and O–H groups in total. The minimum atomic E-state index is -4.31. The first-order chi connectivity index (χ1) is 9.01. The lowest BCUT2D eigenvalue weighted by molar-refractivity contribution is -0.137. The van der Waals surface area contributed by atoms with Crippen molar-refractivity contribution in [3.63, 3.8) is 0 Å². The number of hydrogen-bond donors (Lipinski definition) is 1. The molecular weight excluding hydrogens is 255 g/mol. The van der Waals surface area contributed by atoms with Gasteiger partial charge in [-0.3, -0.25) is 0 Å². The van der Waals surface area contributed by atoms with Gasteiger partial charge in [-0.1, -0.05) is 6.07 Å². The van der Waals surface area contributed by atoms with Crippen molar-refractivity contribution in [3.8, 4) is 5.75 Å². The predicted octanol–water partition coefficient (Wildman–Crippen LogP) is 3.11. The van der Waals surface area contributed by atoms with Gasteiger partial charge in [-0.25, -0.2) is 0 Å². The minimum Gasteiger partial charge on any atom is -0.492 e. The zero-order valence-electron chi connectivity index (χ0n) is 10.5. The summed E-state index contributed by atoms with van der Waals surface area (Å²) in [5, 5.41) is 3.33. The number of nitrogens with one attached hydrogen (secondary N) is 1. The van der Waals surface area contributed by atoms with E-state index >= 15 is 0 Å². The molecule has 1 spiro atoms. The lowest BCUT2D eigenvalue weighted by Crippen LogP contribution is -2.29. The fourth-order valence-corrected chi connectivity index (χ4v) is 3.09. The number of benzene rings is 1. The summed E-state index contributed by atoms with van der Waals surface area (Å²) in [4.78, 5) is 0. The first-order valence-corrected chi connectivity index (χ1v) is 6.57. The molecule has 2 aliphatic heterocycles. The molecule has 5 heteroatoms. The van der Waals surface area contributed by atoms with Gasteiger partial charge in [0.05, 0.1) is 12.2 Å². The van der Waals surface area contributed by atoms with E-state index in [1.54, 1.807) is 6.07 Å². The molecule has 1 unspecified atom stereocenters. The fraction of sp³-hybridized carbons (Fsp3) is 0.571. The highest BCUT2D eigenvalue weighted by atomic mass is 19.4. The smallest absolute Gasteiger partial charge is 0.416 e. The maximum atomic E-state index is 12.7. The largest absolute Gasteiger partial charge is 0.492 e. The average Bonchev–Trinajstić information content (AvgIpc) is 2.56. The van der Waals surface area contributed by atoms with Gasteiger partial charge in [0.15, 0.2) is 0 Å². The van der Waals surface area contributed by atoms with Gasteiger partial charge >= 0.3 is 6.18 Å². The quantitative estimate of drug-likeness (QED) is 0.783. The second kappa shape index (κ2) is 4.40. The molecule has 0 amide bonds. The Kier molecular flexibility index (Phi) is 2.96. The Labute approximate surface area is 109 Å². The van der Waals surface area contributed by atoms with E-state index < -0.39 is 11.7 Å². The van der Waals surface area contributed by atoms with Crippen LogP contribution in [0.2, 0.25) is 0 Å². The summed E-state index contributed by atoms with van der Waals surface area (Å²) in [5.74, 6) is 0.414. The van der Waals surface area contributed by atoms with E-state index in [0.29, 0.717) is 12.4 Å². The molecule has 0 aromatic heterocycles. The summed E-state index contributed by atoms with van der Waals surface area (Å²) in [6.45, 7) is 2.37. The van der Waals surface area contributed by atoms with E-state index in [4.69, 9.17) is 4.74 Å². The first kappa shape index (κ1) is 12.8. The van der Waals surface area contributed by atoms with Gasteiger partial charge in [-0.05, 0) is 44.5 Å². The Morgan fingerprint density at radius 3 is 2.79 bits per heavy atom. The highest BCUT2D eigenvalue weighted by molar-refractivity contribution is 5.47. The second-order valence-corrected chi connectivity index (χ2v) is 5.38. The molecule has 0 radical (unpaired) electrons. The number of alkyl halides is 3. The fourth-order valence-electron chi connectivity index (χ4n) is 3.09. The van der Waals surface area contributed by atoms with Crippen LogP contribution in [0.4, 0.5) is 13.2 Å². The van der Waals surface area contributed by atoms with Crippen molar-refractivity contribution in [3.05, 3.63) is 29.3 Å². The van der Waals surface area contributed by atoms with Crippen LogP contribution in [0, 0.1) is 0 Å². The molecule has 1 aromatic rings. The highest BCUT2D eigenvalue weighted by Crippen LogP contribution is 2.46. The van der Waals surface area contributed by atoms with Crippen LogP contribution >= 0.6 is 0 Å². The Bertz CT molecular complexity index is 476. The molecule has 3 rings (SSSR count). The van der Waals surface area contributed by atoms with Crippen LogP contribution in [-0.4, -0.2) is 19.7 Å². The van der Waals surface area contributed by atoms with Crippen molar-refractivity contribution in [2.24, 2.45) is 0 Å². The number of fused-ring (bicyclic) bond motifs is 2. The van der Waals surface area contributed by atoms with Crippen molar-refractivity contribution in [2.75, 3.05) is 19.7 Å². The van der Waals surface area contributed by atoms with Crippen molar-refractivity contribution >= 4 is 0 Å². The van der Waals surface area contributed by atoms with Gasteiger partial charge in [0, 0.05) is 11.0 Å². The molecule has 1 atom stereocenters. The Morgan fingerprint density at radius 1 is 1.16 bits per heavy atom. The Morgan fingerprint density at radius 2 is 2.00 bits per heavy atom.